The van der Waals surface area contributed by atoms with Crippen molar-refractivity contribution in [3.05, 3.63) is 70.6 Å². The molecule has 0 aliphatic heterocycles. The molecular weight excluding hydrogens is 305 g/mol. The predicted octanol–water partition coefficient (Wildman–Crippen LogP) is 4.50. The fraction of sp³-hybridized carbons (Fsp3) is 0.118. The van der Waals surface area contributed by atoms with Crippen LogP contribution in [0.4, 0.5) is 10.1 Å². The molecular formula is C17H15ClFNO2. The first kappa shape index (κ1) is 16.0. The Balaban J connectivity index is 2.44. The Labute approximate surface area is 133 Å². The van der Waals surface area contributed by atoms with Crippen LogP contribution in [0.3, 0.4) is 0 Å². The van der Waals surface area contributed by atoms with E-state index >= 15 is 0 Å². The predicted molar refractivity (Wildman–Crippen MR) is 86.1 cm³/mol. The molecule has 0 saturated heterocycles. The Morgan fingerprint density at radius 3 is 2.45 bits per heavy atom. The van der Waals surface area contributed by atoms with Crippen LogP contribution in [-0.4, -0.2) is 13.1 Å². The summed E-state index contributed by atoms with van der Waals surface area (Å²) in [6.45, 7) is 1.69. The van der Waals surface area contributed by atoms with Gasteiger partial charge in [0, 0.05) is 10.7 Å². The van der Waals surface area contributed by atoms with Crippen LogP contribution in [0.25, 0.3) is 5.57 Å². The number of benzene rings is 2. The summed E-state index contributed by atoms with van der Waals surface area (Å²) < 4.78 is 18.7. The first-order valence-corrected chi connectivity index (χ1v) is 6.97. The number of anilines is 1. The number of methoxy groups -OCH3 is 1. The van der Waals surface area contributed by atoms with Crippen molar-refractivity contribution in [2.75, 3.05) is 12.4 Å². The second kappa shape index (κ2) is 7.09. The maximum atomic E-state index is 13.9. The van der Waals surface area contributed by atoms with Crippen LogP contribution in [0.15, 0.2) is 54.2 Å². The van der Waals surface area contributed by atoms with E-state index in [9.17, 15) is 9.18 Å². The van der Waals surface area contributed by atoms with Gasteiger partial charge in [0.1, 0.15) is 5.82 Å². The topological polar surface area (TPSA) is 38.3 Å². The Hall–Kier alpha value is -2.33. The molecule has 0 radical (unpaired) electrons. The highest BCUT2D eigenvalue weighted by atomic mass is 35.5. The number of carbonyl (C=O) groups excluding carboxylic acids is 1. The zero-order valence-corrected chi connectivity index (χ0v) is 12.9. The van der Waals surface area contributed by atoms with Crippen LogP contribution in [0.1, 0.15) is 12.5 Å². The van der Waals surface area contributed by atoms with Gasteiger partial charge in [0.25, 0.3) is 0 Å². The molecule has 5 heteroatoms. The van der Waals surface area contributed by atoms with Crippen LogP contribution in [0.2, 0.25) is 5.02 Å². The molecule has 0 fully saturated rings. The summed E-state index contributed by atoms with van der Waals surface area (Å²) in [6.07, 6.45) is 0. The summed E-state index contributed by atoms with van der Waals surface area (Å²) in [5.74, 6) is -0.991. The quantitative estimate of drug-likeness (QED) is 0.666. The van der Waals surface area contributed by atoms with Crippen molar-refractivity contribution in [2.24, 2.45) is 0 Å². The van der Waals surface area contributed by atoms with Gasteiger partial charge in [-0.2, -0.15) is 0 Å². The van der Waals surface area contributed by atoms with Crippen molar-refractivity contribution in [3.63, 3.8) is 0 Å². The van der Waals surface area contributed by atoms with Gasteiger partial charge in [-0.3, -0.25) is 0 Å². The number of esters is 1. The summed E-state index contributed by atoms with van der Waals surface area (Å²) in [7, 11) is 1.31. The highest BCUT2D eigenvalue weighted by molar-refractivity contribution is 6.30. The van der Waals surface area contributed by atoms with E-state index in [1.54, 1.807) is 25.1 Å². The van der Waals surface area contributed by atoms with Crippen LogP contribution in [-0.2, 0) is 9.53 Å². The van der Waals surface area contributed by atoms with Crippen LogP contribution in [0.5, 0.6) is 0 Å². The van der Waals surface area contributed by atoms with Crippen LogP contribution < -0.4 is 5.32 Å². The van der Waals surface area contributed by atoms with Gasteiger partial charge >= 0.3 is 5.97 Å². The van der Waals surface area contributed by atoms with Crippen molar-refractivity contribution in [1.29, 1.82) is 0 Å². The molecule has 1 N–H and O–H groups in total. The third-order valence-electron chi connectivity index (χ3n) is 3.08. The van der Waals surface area contributed by atoms with Gasteiger partial charge in [0.05, 0.1) is 18.4 Å². The van der Waals surface area contributed by atoms with Crippen LogP contribution in [0, 0.1) is 5.82 Å². The number of hydrogen-bond donors (Lipinski definition) is 1. The molecule has 0 aromatic heterocycles. The van der Waals surface area contributed by atoms with Gasteiger partial charge in [-0.15, -0.1) is 0 Å². The highest BCUT2D eigenvalue weighted by Gasteiger charge is 2.16. The molecule has 3 nitrogen and oxygen atoms in total. The number of carbonyl (C=O) groups is 1. The van der Waals surface area contributed by atoms with Crippen molar-refractivity contribution < 1.29 is 13.9 Å². The maximum absolute atomic E-state index is 13.9. The average molecular weight is 320 g/mol. The Morgan fingerprint density at radius 2 is 1.86 bits per heavy atom. The minimum absolute atomic E-state index is 0.235. The fourth-order valence-electron chi connectivity index (χ4n) is 2.05. The minimum Gasteiger partial charge on any atom is -0.465 e. The number of halogens is 2. The SMILES string of the molecule is COC(=O)/C(=C(/C)Nc1ccc(Cl)cc1F)c1ccccc1. The summed E-state index contributed by atoms with van der Waals surface area (Å²) >= 11 is 5.73. The van der Waals surface area contributed by atoms with Gasteiger partial charge in [-0.1, -0.05) is 41.9 Å². The molecule has 0 aliphatic rings. The monoisotopic (exact) mass is 319 g/mol. The lowest BCUT2D eigenvalue weighted by Crippen LogP contribution is -2.10. The van der Waals surface area contributed by atoms with Gasteiger partial charge in [0.15, 0.2) is 0 Å². The van der Waals surface area contributed by atoms with E-state index in [-0.39, 0.29) is 5.69 Å². The minimum atomic E-state index is -0.496. The van der Waals surface area contributed by atoms with E-state index in [1.165, 1.54) is 19.2 Å². The van der Waals surface area contributed by atoms with E-state index < -0.39 is 11.8 Å². The van der Waals surface area contributed by atoms with Crippen LogP contribution >= 0.6 is 11.6 Å². The molecule has 22 heavy (non-hydrogen) atoms. The van der Waals surface area contributed by atoms with Gasteiger partial charge in [-0.25, -0.2) is 9.18 Å². The summed E-state index contributed by atoms with van der Waals surface area (Å²) in [5.41, 5.74) is 1.75. The first-order valence-electron chi connectivity index (χ1n) is 6.59. The molecule has 2 rings (SSSR count). The largest absolute Gasteiger partial charge is 0.465 e. The second-order valence-corrected chi connectivity index (χ2v) is 5.04. The van der Waals surface area contributed by atoms with E-state index in [2.05, 4.69) is 5.32 Å². The van der Waals surface area contributed by atoms with Crippen molar-refractivity contribution in [3.8, 4) is 0 Å². The Kier molecular flexibility index (Phi) is 5.17. The lowest BCUT2D eigenvalue weighted by atomic mass is 10.0. The Morgan fingerprint density at radius 1 is 1.18 bits per heavy atom. The highest BCUT2D eigenvalue weighted by Crippen LogP contribution is 2.24. The molecule has 0 spiro atoms. The normalized spacial score (nSPS) is 11.6. The molecule has 0 unspecified atom stereocenters. The number of ether oxygens (including phenoxy) is 1. The maximum Gasteiger partial charge on any atom is 0.340 e. The summed E-state index contributed by atoms with van der Waals surface area (Å²) in [6, 6.07) is 13.3. The zero-order chi connectivity index (χ0) is 16.1. The number of hydrogen-bond acceptors (Lipinski definition) is 3. The van der Waals surface area contributed by atoms with E-state index in [0.717, 1.165) is 0 Å². The summed E-state index contributed by atoms with van der Waals surface area (Å²) in [5, 5.41) is 3.20. The average Bonchev–Trinajstić information content (AvgIpc) is 2.51. The number of allylic oxidation sites excluding steroid dienone is 1. The van der Waals surface area contributed by atoms with Gasteiger partial charge < -0.3 is 10.1 Å². The second-order valence-electron chi connectivity index (χ2n) is 4.61. The standard InChI is InChI=1S/C17H15ClFNO2/c1-11(20-15-9-8-13(18)10-14(15)19)16(17(21)22-2)12-6-4-3-5-7-12/h3-10,20H,1-2H3/b16-11-. The van der Waals surface area contributed by atoms with E-state index in [4.69, 9.17) is 16.3 Å². The summed E-state index contributed by atoms with van der Waals surface area (Å²) in [4.78, 5) is 12.0. The van der Waals surface area contributed by atoms with E-state index in [1.807, 2.05) is 18.2 Å². The fourth-order valence-corrected chi connectivity index (χ4v) is 2.21. The lowest BCUT2D eigenvalue weighted by molar-refractivity contribution is -0.133. The number of rotatable bonds is 4. The molecule has 2 aromatic rings. The number of nitrogens with one attached hydrogen (secondary N) is 1. The van der Waals surface area contributed by atoms with E-state index in [0.29, 0.717) is 21.9 Å². The molecule has 0 aliphatic carbocycles. The lowest BCUT2D eigenvalue weighted by Gasteiger charge is -2.13. The smallest absolute Gasteiger partial charge is 0.340 e. The molecule has 0 bridgehead atoms. The first-order chi connectivity index (χ1) is 10.5. The zero-order valence-electron chi connectivity index (χ0n) is 12.2. The van der Waals surface area contributed by atoms with Crippen molar-refractivity contribution in [2.45, 2.75) is 6.92 Å². The molecule has 0 saturated carbocycles. The third-order valence-corrected chi connectivity index (χ3v) is 3.32. The van der Waals surface area contributed by atoms with Gasteiger partial charge in [-0.05, 0) is 30.7 Å². The van der Waals surface area contributed by atoms with Crippen molar-refractivity contribution in [1.82, 2.24) is 0 Å². The molecule has 0 heterocycles. The molecule has 0 atom stereocenters. The molecule has 2 aromatic carbocycles. The molecule has 114 valence electrons. The van der Waals surface area contributed by atoms with Gasteiger partial charge in [0.2, 0.25) is 0 Å². The van der Waals surface area contributed by atoms with Crippen molar-refractivity contribution >= 4 is 28.8 Å². The third kappa shape index (κ3) is 3.65. The Bertz CT molecular complexity index is 714. The molecule has 0 amide bonds.